The Morgan fingerprint density at radius 2 is 2.25 bits per heavy atom. The van der Waals surface area contributed by atoms with Crippen LogP contribution in [0.2, 0.25) is 0 Å². The third kappa shape index (κ3) is 2.29. The number of nitrogens with one attached hydrogen (secondary N) is 1. The van der Waals surface area contributed by atoms with Gasteiger partial charge in [-0.25, -0.2) is 4.39 Å². The van der Waals surface area contributed by atoms with E-state index in [-0.39, 0.29) is 17.6 Å². The highest BCUT2D eigenvalue weighted by Crippen LogP contribution is 2.21. The third-order valence-corrected chi connectivity index (χ3v) is 4.02. The van der Waals surface area contributed by atoms with Crippen LogP contribution in [0.5, 0.6) is 0 Å². The third-order valence-electron chi connectivity index (χ3n) is 4.02. The molecule has 4 nitrogen and oxygen atoms in total. The van der Waals surface area contributed by atoms with Gasteiger partial charge in [0, 0.05) is 24.0 Å². The number of likely N-dealkylation sites (tertiary alicyclic amines) is 1. The minimum Gasteiger partial charge on any atom is -0.391 e. The second-order valence-corrected chi connectivity index (χ2v) is 5.50. The molecular weight excluding hydrogens is 259 g/mol. The van der Waals surface area contributed by atoms with Crippen LogP contribution in [0.3, 0.4) is 0 Å². The minimum absolute atomic E-state index is 0.146. The van der Waals surface area contributed by atoms with Crippen molar-refractivity contribution in [3.05, 3.63) is 35.8 Å². The summed E-state index contributed by atoms with van der Waals surface area (Å²) in [6, 6.07) is 6.04. The first kappa shape index (κ1) is 13.1. The van der Waals surface area contributed by atoms with Crippen molar-refractivity contribution in [2.45, 2.75) is 19.4 Å². The minimum atomic E-state index is -0.477. The zero-order valence-electron chi connectivity index (χ0n) is 11.3. The molecule has 0 saturated carbocycles. The normalized spacial score (nSPS) is 23.2. The van der Waals surface area contributed by atoms with Crippen LogP contribution in [0.15, 0.2) is 24.3 Å². The van der Waals surface area contributed by atoms with Gasteiger partial charge in [0.2, 0.25) is 0 Å². The number of hydrogen-bond donors (Lipinski definition) is 2. The summed E-state index contributed by atoms with van der Waals surface area (Å²) in [5.41, 5.74) is 1.17. The zero-order chi connectivity index (χ0) is 14.3. The Morgan fingerprint density at radius 3 is 3.00 bits per heavy atom. The van der Waals surface area contributed by atoms with Gasteiger partial charge in [0.05, 0.1) is 6.10 Å². The van der Waals surface area contributed by atoms with E-state index < -0.39 is 6.10 Å². The van der Waals surface area contributed by atoms with Gasteiger partial charge in [-0.05, 0) is 36.6 Å². The summed E-state index contributed by atoms with van der Waals surface area (Å²) >= 11 is 0. The Labute approximate surface area is 116 Å². The number of nitrogens with zero attached hydrogens (tertiary/aromatic N) is 1. The number of carbonyl (C=O) groups is 1. The Bertz CT molecular complexity index is 652. The van der Waals surface area contributed by atoms with Gasteiger partial charge in [-0.2, -0.15) is 0 Å². The number of fused-ring (bicyclic) bond motifs is 1. The summed E-state index contributed by atoms with van der Waals surface area (Å²) in [4.78, 5) is 17.0. The molecule has 1 aliphatic heterocycles. The van der Waals surface area contributed by atoms with Crippen molar-refractivity contribution in [2.24, 2.45) is 5.92 Å². The molecule has 1 aliphatic rings. The number of aliphatic hydroxyl groups excluding tert-OH is 1. The zero-order valence-corrected chi connectivity index (χ0v) is 11.3. The molecule has 3 rings (SSSR count). The molecule has 2 unspecified atom stereocenters. The van der Waals surface area contributed by atoms with E-state index in [2.05, 4.69) is 4.98 Å². The van der Waals surface area contributed by atoms with E-state index in [0.717, 1.165) is 11.9 Å². The van der Waals surface area contributed by atoms with Gasteiger partial charge in [0.25, 0.3) is 5.91 Å². The molecule has 1 aromatic heterocycles. The number of rotatable bonds is 1. The summed E-state index contributed by atoms with van der Waals surface area (Å²) < 4.78 is 13.2. The first-order valence-corrected chi connectivity index (χ1v) is 6.80. The molecule has 2 atom stereocenters. The topological polar surface area (TPSA) is 56.3 Å². The summed E-state index contributed by atoms with van der Waals surface area (Å²) in [5, 5.41) is 10.5. The number of halogens is 1. The first-order valence-electron chi connectivity index (χ1n) is 6.80. The molecule has 106 valence electrons. The number of aliphatic hydroxyl groups is 1. The molecule has 20 heavy (non-hydrogen) atoms. The number of aromatic amines is 1. The average molecular weight is 276 g/mol. The molecule has 2 heterocycles. The maximum absolute atomic E-state index is 13.2. The van der Waals surface area contributed by atoms with E-state index in [9.17, 15) is 14.3 Å². The van der Waals surface area contributed by atoms with Crippen LogP contribution in [-0.4, -0.2) is 40.1 Å². The number of aromatic nitrogens is 1. The highest BCUT2D eigenvalue weighted by Gasteiger charge is 2.28. The molecule has 1 aromatic carbocycles. The van der Waals surface area contributed by atoms with Crippen LogP contribution < -0.4 is 0 Å². The maximum atomic E-state index is 13.2. The fourth-order valence-corrected chi connectivity index (χ4v) is 2.62. The Hall–Kier alpha value is -1.88. The molecule has 0 aliphatic carbocycles. The van der Waals surface area contributed by atoms with Crippen molar-refractivity contribution in [3.63, 3.8) is 0 Å². The fourth-order valence-electron chi connectivity index (χ4n) is 2.62. The van der Waals surface area contributed by atoms with E-state index in [1.165, 1.54) is 12.1 Å². The molecular formula is C15H17FN2O2. The van der Waals surface area contributed by atoms with Crippen LogP contribution in [0.4, 0.5) is 4.39 Å². The van der Waals surface area contributed by atoms with Crippen molar-refractivity contribution < 1.29 is 14.3 Å². The van der Waals surface area contributed by atoms with E-state index >= 15 is 0 Å². The summed E-state index contributed by atoms with van der Waals surface area (Å²) in [7, 11) is 0. The van der Waals surface area contributed by atoms with Crippen molar-refractivity contribution in [1.82, 2.24) is 9.88 Å². The standard InChI is InChI=1S/C15H17FN2O2/c1-9-4-5-18(8-14(9)19)15(20)13-7-10-6-11(16)2-3-12(10)17-13/h2-3,6-7,9,14,17,19H,4-5,8H2,1H3. The lowest BCUT2D eigenvalue weighted by atomic mass is 9.96. The summed E-state index contributed by atoms with van der Waals surface area (Å²) in [6.45, 7) is 2.97. The first-order chi connectivity index (χ1) is 9.54. The molecule has 0 radical (unpaired) electrons. The van der Waals surface area contributed by atoms with Crippen LogP contribution in [0, 0.1) is 11.7 Å². The van der Waals surface area contributed by atoms with Crippen LogP contribution in [0.25, 0.3) is 10.9 Å². The van der Waals surface area contributed by atoms with Crippen molar-refractivity contribution in [2.75, 3.05) is 13.1 Å². The molecule has 0 bridgehead atoms. The second-order valence-electron chi connectivity index (χ2n) is 5.50. The van der Waals surface area contributed by atoms with E-state index in [1.807, 2.05) is 6.92 Å². The SMILES string of the molecule is CC1CCN(C(=O)c2cc3cc(F)ccc3[nH]2)CC1O. The number of hydrogen-bond acceptors (Lipinski definition) is 2. The van der Waals surface area contributed by atoms with Gasteiger partial charge in [-0.1, -0.05) is 6.92 Å². The van der Waals surface area contributed by atoms with Crippen molar-refractivity contribution in [3.8, 4) is 0 Å². The van der Waals surface area contributed by atoms with Crippen molar-refractivity contribution >= 4 is 16.8 Å². The van der Waals surface area contributed by atoms with Gasteiger partial charge in [0.1, 0.15) is 11.5 Å². The smallest absolute Gasteiger partial charge is 0.270 e. The molecule has 1 amide bonds. The lowest BCUT2D eigenvalue weighted by Crippen LogP contribution is -2.45. The van der Waals surface area contributed by atoms with Gasteiger partial charge in [-0.3, -0.25) is 4.79 Å². The maximum Gasteiger partial charge on any atom is 0.270 e. The van der Waals surface area contributed by atoms with Gasteiger partial charge >= 0.3 is 0 Å². The Balaban J connectivity index is 1.85. The molecule has 1 saturated heterocycles. The number of β-amino-alcohol motifs (C(OH)–C–C–N with tert-alkyl or cyclic N) is 1. The van der Waals surface area contributed by atoms with Crippen LogP contribution in [0.1, 0.15) is 23.8 Å². The molecule has 0 spiro atoms. The van der Waals surface area contributed by atoms with E-state index in [4.69, 9.17) is 0 Å². The fraction of sp³-hybridized carbons (Fsp3) is 0.400. The Kier molecular flexibility index (Phi) is 3.22. The van der Waals surface area contributed by atoms with Crippen LogP contribution >= 0.6 is 0 Å². The summed E-state index contributed by atoms with van der Waals surface area (Å²) in [5.74, 6) is -0.249. The number of carbonyl (C=O) groups excluding carboxylic acids is 1. The number of benzene rings is 1. The predicted molar refractivity (Wildman–Crippen MR) is 73.9 cm³/mol. The number of amides is 1. The van der Waals surface area contributed by atoms with Gasteiger partial charge in [-0.15, -0.1) is 0 Å². The summed E-state index contributed by atoms with van der Waals surface area (Å²) in [6.07, 6.45) is 0.316. The average Bonchev–Trinajstić information content (AvgIpc) is 2.84. The monoisotopic (exact) mass is 276 g/mol. The molecule has 5 heteroatoms. The highest BCUT2D eigenvalue weighted by atomic mass is 19.1. The number of piperidine rings is 1. The Morgan fingerprint density at radius 1 is 1.45 bits per heavy atom. The van der Waals surface area contributed by atoms with Gasteiger partial charge in [0.15, 0.2) is 0 Å². The molecule has 1 fully saturated rings. The van der Waals surface area contributed by atoms with Crippen LogP contribution in [-0.2, 0) is 0 Å². The molecule has 2 aromatic rings. The highest BCUT2D eigenvalue weighted by molar-refractivity contribution is 5.98. The second kappa shape index (κ2) is 4.90. The van der Waals surface area contributed by atoms with E-state index in [0.29, 0.717) is 24.2 Å². The lowest BCUT2D eigenvalue weighted by Gasteiger charge is -2.34. The number of H-pyrrole nitrogens is 1. The van der Waals surface area contributed by atoms with E-state index in [1.54, 1.807) is 17.0 Å². The lowest BCUT2D eigenvalue weighted by molar-refractivity contribution is 0.0246. The largest absolute Gasteiger partial charge is 0.391 e. The van der Waals surface area contributed by atoms with Gasteiger partial charge < -0.3 is 15.0 Å². The predicted octanol–water partition coefficient (Wildman–Crippen LogP) is 2.15. The quantitative estimate of drug-likeness (QED) is 0.838. The van der Waals surface area contributed by atoms with Crippen molar-refractivity contribution in [1.29, 1.82) is 0 Å². The molecule has 2 N–H and O–H groups in total.